The molecular weight excluding hydrogens is 356 g/mol. The molecule has 0 bridgehead atoms. The third-order valence-electron chi connectivity index (χ3n) is 3.87. The van der Waals surface area contributed by atoms with Gasteiger partial charge in [0.1, 0.15) is 0 Å². The Morgan fingerprint density at radius 1 is 1.20 bits per heavy atom. The van der Waals surface area contributed by atoms with Crippen LogP contribution in [-0.2, 0) is 10.0 Å². The molecule has 25 heavy (non-hydrogen) atoms. The first-order chi connectivity index (χ1) is 11.7. The van der Waals surface area contributed by atoms with Crippen molar-refractivity contribution in [2.24, 2.45) is 0 Å². The van der Waals surface area contributed by atoms with Crippen molar-refractivity contribution in [2.75, 3.05) is 45.6 Å². The summed E-state index contributed by atoms with van der Waals surface area (Å²) < 4.78 is 26.8. The van der Waals surface area contributed by atoms with E-state index in [1.165, 1.54) is 4.31 Å². The van der Waals surface area contributed by atoms with Gasteiger partial charge in [-0.2, -0.15) is 4.31 Å². The van der Waals surface area contributed by atoms with Crippen molar-refractivity contribution in [3.05, 3.63) is 23.8 Å². The zero-order chi connectivity index (χ0) is 19.0. The summed E-state index contributed by atoms with van der Waals surface area (Å²) in [5.41, 5.74) is 1.65. The number of hydrogen-bond acceptors (Lipinski definition) is 4. The van der Waals surface area contributed by atoms with Crippen LogP contribution in [0.3, 0.4) is 0 Å². The molecule has 142 valence electrons. The third-order valence-corrected chi connectivity index (χ3v) is 6.16. The third kappa shape index (κ3) is 6.54. The van der Waals surface area contributed by atoms with Crippen LogP contribution in [0.4, 0.5) is 5.69 Å². The molecule has 6 nitrogen and oxygen atoms in total. The molecule has 0 amide bonds. The molecule has 0 aliphatic carbocycles. The van der Waals surface area contributed by atoms with Crippen molar-refractivity contribution in [1.82, 2.24) is 14.5 Å². The number of nitrogens with zero attached hydrogens (tertiary/aromatic N) is 2. The van der Waals surface area contributed by atoms with Gasteiger partial charge in [0.15, 0.2) is 5.11 Å². The highest BCUT2D eigenvalue weighted by molar-refractivity contribution is 7.89. The average molecular weight is 387 g/mol. The Morgan fingerprint density at radius 2 is 1.84 bits per heavy atom. The van der Waals surface area contributed by atoms with Gasteiger partial charge in [-0.25, -0.2) is 8.42 Å². The highest BCUT2D eigenvalue weighted by Gasteiger charge is 2.22. The SMILES string of the molecule is CCN(CC)S(=O)(=O)c1ccc(C)c(NC(=S)NCCCN(C)C)c1. The van der Waals surface area contributed by atoms with E-state index in [-0.39, 0.29) is 4.90 Å². The molecule has 1 rings (SSSR count). The maximum absolute atomic E-state index is 12.7. The molecule has 0 saturated carbocycles. The minimum absolute atomic E-state index is 0.278. The van der Waals surface area contributed by atoms with E-state index in [2.05, 4.69) is 15.5 Å². The molecule has 0 spiro atoms. The number of nitrogens with one attached hydrogen (secondary N) is 2. The summed E-state index contributed by atoms with van der Waals surface area (Å²) in [7, 11) is 0.576. The molecule has 0 aliphatic rings. The topological polar surface area (TPSA) is 64.7 Å². The van der Waals surface area contributed by atoms with Crippen molar-refractivity contribution < 1.29 is 8.42 Å². The van der Waals surface area contributed by atoms with E-state index in [4.69, 9.17) is 12.2 Å². The number of rotatable bonds is 9. The van der Waals surface area contributed by atoms with Crippen LogP contribution in [-0.4, -0.2) is 63.0 Å². The number of sulfonamides is 1. The van der Waals surface area contributed by atoms with Crippen LogP contribution in [0.25, 0.3) is 0 Å². The maximum Gasteiger partial charge on any atom is 0.243 e. The molecule has 2 N–H and O–H groups in total. The van der Waals surface area contributed by atoms with Crippen molar-refractivity contribution >= 4 is 33.0 Å². The maximum atomic E-state index is 12.7. The second-order valence-electron chi connectivity index (χ2n) is 6.10. The Kier molecular flexibility index (Phi) is 8.78. The summed E-state index contributed by atoms with van der Waals surface area (Å²) in [6.07, 6.45) is 0.976. The smallest absolute Gasteiger partial charge is 0.243 e. The van der Waals surface area contributed by atoms with Gasteiger partial charge in [-0.05, 0) is 63.9 Å². The number of hydrogen-bond donors (Lipinski definition) is 2. The zero-order valence-electron chi connectivity index (χ0n) is 15.8. The molecule has 0 unspecified atom stereocenters. The first-order valence-corrected chi connectivity index (χ1v) is 10.4. The second kappa shape index (κ2) is 10.1. The molecule has 0 saturated heterocycles. The van der Waals surface area contributed by atoms with Crippen LogP contribution >= 0.6 is 12.2 Å². The average Bonchev–Trinajstić information content (AvgIpc) is 2.54. The fourth-order valence-corrected chi connectivity index (χ4v) is 4.07. The fourth-order valence-electron chi connectivity index (χ4n) is 2.37. The van der Waals surface area contributed by atoms with E-state index in [0.717, 1.165) is 25.1 Å². The summed E-state index contributed by atoms with van der Waals surface area (Å²) in [6.45, 7) is 8.22. The van der Waals surface area contributed by atoms with Crippen molar-refractivity contribution in [2.45, 2.75) is 32.1 Å². The van der Waals surface area contributed by atoms with E-state index in [1.54, 1.807) is 18.2 Å². The predicted molar refractivity (Wildman–Crippen MR) is 109 cm³/mol. The van der Waals surface area contributed by atoms with Gasteiger partial charge >= 0.3 is 0 Å². The van der Waals surface area contributed by atoms with Crippen molar-refractivity contribution in [3.8, 4) is 0 Å². The normalized spacial score (nSPS) is 11.8. The van der Waals surface area contributed by atoms with Crippen molar-refractivity contribution in [1.29, 1.82) is 0 Å². The molecular formula is C17H30N4O2S2. The number of thiocarbonyl (C=S) groups is 1. The first kappa shape index (κ1) is 21.8. The lowest BCUT2D eigenvalue weighted by molar-refractivity contribution is 0.400. The van der Waals surface area contributed by atoms with Gasteiger partial charge in [0, 0.05) is 25.3 Å². The zero-order valence-corrected chi connectivity index (χ0v) is 17.4. The fraction of sp³-hybridized carbons (Fsp3) is 0.588. The van der Waals surface area contributed by atoms with Crippen LogP contribution in [0.1, 0.15) is 25.8 Å². The summed E-state index contributed by atoms with van der Waals surface area (Å²) in [5.74, 6) is 0. The molecule has 0 radical (unpaired) electrons. The highest BCUT2D eigenvalue weighted by Crippen LogP contribution is 2.23. The van der Waals surface area contributed by atoms with E-state index in [9.17, 15) is 8.42 Å². The van der Waals surface area contributed by atoms with Gasteiger partial charge in [0.2, 0.25) is 10.0 Å². The minimum atomic E-state index is -3.48. The quantitative estimate of drug-likeness (QED) is 0.501. The van der Waals surface area contributed by atoms with Crippen LogP contribution in [0.2, 0.25) is 0 Å². The minimum Gasteiger partial charge on any atom is -0.362 e. The number of benzene rings is 1. The van der Waals surface area contributed by atoms with Gasteiger partial charge in [0.05, 0.1) is 4.90 Å². The predicted octanol–water partition coefficient (Wildman–Crippen LogP) is 2.26. The molecule has 1 aromatic carbocycles. The molecule has 0 atom stereocenters. The highest BCUT2D eigenvalue weighted by atomic mass is 32.2. The van der Waals surface area contributed by atoms with Crippen LogP contribution in [0, 0.1) is 6.92 Å². The van der Waals surface area contributed by atoms with Gasteiger partial charge in [-0.1, -0.05) is 19.9 Å². The molecule has 0 aromatic heterocycles. The van der Waals surface area contributed by atoms with E-state index >= 15 is 0 Å². The largest absolute Gasteiger partial charge is 0.362 e. The van der Waals surface area contributed by atoms with Gasteiger partial charge in [0.25, 0.3) is 0 Å². The molecule has 1 aromatic rings. The second-order valence-corrected chi connectivity index (χ2v) is 8.45. The number of aryl methyl sites for hydroxylation is 1. The van der Waals surface area contributed by atoms with Gasteiger partial charge < -0.3 is 15.5 Å². The Labute approximate surface area is 157 Å². The monoisotopic (exact) mass is 386 g/mol. The lowest BCUT2D eigenvalue weighted by Gasteiger charge is -2.20. The standard InChI is InChI=1S/C17H30N4O2S2/c1-6-21(7-2)25(22,23)15-10-9-14(3)16(13-15)19-17(24)18-11-8-12-20(4)5/h9-10,13H,6-8,11-12H2,1-5H3,(H2,18,19,24). The lowest BCUT2D eigenvalue weighted by Crippen LogP contribution is -2.32. The molecule has 8 heteroatoms. The van der Waals surface area contributed by atoms with Crippen LogP contribution < -0.4 is 10.6 Å². The van der Waals surface area contributed by atoms with Crippen LogP contribution in [0.15, 0.2) is 23.1 Å². The Hall–Kier alpha value is -1.22. The molecule has 0 fully saturated rings. The van der Waals surface area contributed by atoms with Gasteiger partial charge in [-0.3, -0.25) is 0 Å². The van der Waals surface area contributed by atoms with Crippen molar-refractivity contribution in [3.63, 3.8) is 0 Å². The van der Waals surface area contributed by atoms with E-state index < -0.39 is 10.0 Å². The first-order valence-electron chi connectivity index (χ1n) is 8.52. The Morgan fingerprint density at radius 3 is 2.40 bits per heavy atom. The van der Waals surface area contributed by atoms with Gasteiger partial charge in [-0.15, -0.1) is 0 Å². The van der Waals surface area contributed by atoms with E-state index in [0.29, 0.717) is 23.9 Å². The molecule has 0 aliphatic heterocycles. The summed E-state index contributed by atoms with van der Waals surface area (Å²) in [6, 6.07) is 5.09. The number of anilines is 1. The lowest BCUT2D eigenvalue weighted by atomic mass is 10.2. The van der Waals surface area contributed by atoms with Crippen LogP contribution in [0.5, 0.6) is 0 Å². The Balaban J connectivity index is 2.83. The summed E-state index contributed by atoms with van der Waals surface area (Å²) >= 11 is 5.31. The summed E-state index contributed by atoms with van der Waals surface area (Å²) in [5, 5.41) is 6.76. The van der Waals surface area contributed by atoms with E-state index in [1.807, 2.05) is 34.9 Å². The summed E-state index contributed by atoms with van der Waals surface area (Å²) in [4.78, 5) is 2.39. The Bertz CT molecular complexity index is 671. The molecule has 0 heterocycles.